The molecule has 2 saturated heterocycles. The lowest BCUT2D eigenvalue weighted by Gasteiger charge is -2.40. The Morgan fingerprint density at radius 1 is 1.04 bits per heavy atom. The third kappa shape index (κ3) is 8.65. The third-order valence-corrected chi connectivity index (χ3v) is 4.51. The number of piperidine rings is 1. The van der Waals surface area contributed by atoms with Gasteiger partial charge >= 0.3 is 11.9 Å². The van der Waals surface area contributed by atoms with Gasteiger partial charge in [0.2, 0.25) is 0 Å². The molecule has 2 aliphatic heterocycles. The predicted octanol–water partition coefficient (Wildman–Crippen LogP) is 0.877. The van der Waals surface area contributed by atoms with Gasteiger partial charge < -0.3 is 14.8 Å². The van der Waals surface area contributed by atoms with Crippen LogP contribution in [-0.2, 0) is 19.1 Å². The Morgan fingerprint density at radius 3 is 2.32 bits per heavy atom. The number of carbonyl (C=O) groups is 2. The lowest BCUT2D eigenvalue weighted by molar-refractivity contribution is -0.153. The first-order chi connectivity index (χ1) is 12.0. The van der Waals surface area contributed by atoms with E-state index in [9.17, 15) is 9.59 Å². The van der Waals surface area contributed by atoms with E-state index in [4.69, 9.17) is 9.47 Å². The number of nitrogens with one attached hydrogen (secondary N) is 1. The minimum atomic E-state index is -0.262. The third-order valence-electron chi connectivity index (χ3n) is 4.51. The van der Waals surface area contributed by atoms with Crippen LogP contribution >= 0.6 is 0 Å². The number of hydrogen-bond donors (Lipinski definition) is 1. The summed E-state index contributed by atoms with van der Waals surface area (Å²) in [5.41, 5.74) is 0. The number of hydrogen-bond acceptors (Lipinski definition) is 7. The van der Waals surface area contributed by atoms with Crippen LogP contribution in [0, 0.1) is 0 Å². The van der Waals surface area contributed by atoms with Crippen LogP contribution in [0.4, 0.5) is 0 Å². The molecule has 1 N–H and O–H groups in total. The van der Waals surface area contributed by atoms with Crippen molar-refractivity contribution in [2.24, 2.45) is 0 Å². The van der Waals surface area contributed by atoms with Crippen LogP contribution in [0.3, 0.4) is 0 Å². The number of piperazine rings is 1. The van der Waals surface area contributed by atoms with Crippen molar-refractivity contribution < 1.29 is 19.1 Å². The molecule has 0 radical (unpaired) electrons. The SMILES string of the molecule is CC.CC(=O)OCC1CC(OC(C)=O)CCN1CCN1CCNCC1. The van der Waals surface area contributed by atoms with Gasteiger partial charge in [-0.2, -0.15) is 0 Å². The summed E-state index contributed by atoms with van der Waals surface area (Å²) in [4.78, 5) is 27.1. The molecule has 0 amide bonds. The molecule has 0 aromatic carbocycles. The number of rotatable bonds is 6. The van der Waals surface area contributed by atoms with Crippen molar-refractivity contribution in [1.29, 1.82) is 0 Å². The van der Waals surface area contributed by atoms with Crippen molar-refractivity contribution in [1.82, 2.24) is 15.1 Å². The van der Waals surface area contributed by atoms with Gasteiger partial charge in [-0.25, -0.2) is 0 Å². The molecule has 146 valence electrons. The monoisotopic (exact) mass is 357 g/mol. The number of nitrogens with zero attached hydrogens (tertiary/aromatic N) is 2. The van der Waals surface area contributed by atoms with Gasteiger partial charge in [0.05, 0.1) is 0 Å². The molecule has 0 aliphatic carbocycles. The lowest BCUT2D eigenvalue weighted by atomic mass is 9.99. The highest BCUT2D eigenvalue weighted by Crippen LogP contribution is 2.21. The van der Waals surface area contributed by atoms with Gasteiger partial charge in [0.1, 0.15) is 12.7 Å². The number of likely N-dealkylation sites (tertiary alicyclic amines) is 1. The van der Waals surface area contributed by atoms with E-state index in [0.717, 1.165) is 58.7 Å². The Bertz CT molecular complexity index is 400. The molecule has 0 saturated carbocycles. The Morgan fingerprint density at radius 2 is 1.72 bits per heavy atom. The highest BCUT2D eigenvalue weighted by molar-refractivity contribution is 5.66. The van der Waals surface area contributed by atoms with Crippen molar-refractivity contribution in [3.8, 4) is 0 Å². The van der Waals surface area contributed by atoms with E-state index in [2.05, 4.69) is 15.1 Å². The van der Waals surface area contributed by atoms with E-state index in [1.54, 1.807) is 0 Å². The van der Waals surface area contributed by atoms with Crippen LogP contribution in [0.5, 0.6) is 0 Å². The van der Waals surface area contributed by atoms with E-state index < -0.39 is 0 Å². The Hall–Kier alpha value is -1.18. The van der Waals surface area contributed by atoms with Gasteiger partial charge in [-0.05, 0) is 6.42 Å². The highest BCUT2D eigenvalue weighted by Gasteiger charge is 2.31. The van der Waals surface area contributed by atoms with Gasteiger partial charge in [-0.3, -0.25) is 19.4 Å². The van der Waals surface area contributed by atoms with E-state index in [-0.39, 0.29) is 24.1 Å². The number of esters is 2. The quantitative estimate of drug-likeness (QED) is 0.708. The molecule has 2 fully saturated rings. The zero-order chi connectivity index (χ0) is 18.7. The van der Waals surface area contributed by atoms with E-state index >= 15 is 0 Å². The summed E-state index contributed by atoms with van der Waals surface area (Å²) in [5.74, 6) is -0.503. The molecule has 7 heteroatoms. The maximum atomic E-state index is 11.2. The summed E-state index contributed by atoms with van der Waals surface area (Å²) in [6, 6.07) is 0.125. The molecular weight excluding hydrogens is 322 g/mol. The first-order valence-corrected chi connectivity index (χ1v) is 9.52. The van der Waals surface area contributed by atoms with Crippen LogP contribution in [0.1, 0.15) is 40.5 Å². The molecular formula is C18H35N3O4. The Balaban J connectivity index is 0.00000151. The second-order valence-electron chi connectivity index (χ2n) is 6.34. The molecule has 2 aliphatic rings. The van der Waals surface area contributed by atoms with Crippen LogP contribution in [0.15, 0.2) is 0 Å². The van der Waals surface area contributed by atoms with Crippen LogP contribution < -0.4 is 5.32 Å². The largest absolute Gasteiger partial charge is 0.464 e. The first kappa shape index (κ1) is 21.9. The first-order valence-electron chi connectivity index (χ1n) is 9.52. The molecule has 0 aromatic heterocycles. The Kier molecular flexibility index (Phi) is 10.7. The minimum Gasteiger partial charge on any atom is -0.464 e. The van der Waals surface area contributed by atoms with Crippen LogP contribution in [0.25, 0.3) is 0 Å². The highest BCUT2D eigenvalue weighted by atomic mass is 16.5. The average molecular weight is 357 g/mol. The van der Waals surface area contributed by atoms with Crippen molar-refractivity contribution in [2.45, 2.75) is 52.7 Å². The summed E-state index contributed by atoms with van der Waals surface area (Å²) >= 11 is 0. The van der Waals surface area contributed by atoms with E-state index in [1.807, 2.05) is 13.8 Å². The summed E-state index contributed by atoms with van der Waals surface area (Å²) in [5, 5.41) is 3.36. The molecule has 0 bridgehead atoms. The molecule has 2 rings (SSSR count). The second kappa shape index (κ2) is 12.2. The summed E-state index contributed by atoms with van der Waals surface area (Å²) in [7, 11) is 0. The van der Waals surface area contributed by atoms with Crippen molar-refractivity contribution in [3.05, 3.63) is 0 Å². The minimum absolute atomic E-state index is 0.0662. The molecule has 25 heavy (non-hydrogen) atoms. The van der Waals surface area contributed by atoms with Crippen LogP contribution in [0.2, 0.25) is 0 Å². The van der Waals surface area contributed by atoms with Gasteiger partial charge in [0.25, 0.3) is 0 Å². The van der Waals surface area contributed by atoms with E-state index in [1.165, 1.54) is 13.8 Å². The summed E-state index contributed by atoms with van der Waals surface area (Å²) < 4.78 is 10.6. The van der Waals surface area contributed by atoms with Gasteiger partial charge in [0, 0.05) is 72.1 Å². The molecule has 2 atom stereocenters. The fourth-order valence-corrected chi connectivity index (χ4v) is 3.29. The maximum absolute atomic E-state index is 11.2. The topological polar surface area (TPSA) is 71.1 Å². The predicted molar refractivity (Wildman–Crippen MR) is 97.4 cm³/mol. The molecule has 0 spiro atoms. The zero-order valence-electron chi connectivity index (χ0n) is 16.3. The fourth-order valence-electron chi connectivity index (χ4n) is 3.29. The van der Waals surface area contributed by atoms with Gasteiger partial charge in [0.15, 0.2) is 0 Å². The van der Waals surface area contributed by atoms with Gasteiger partial charge in [-0.1, -0.05) is 13.8 Å². The maximum Gasteiger partial charge on any atom is 0.302 e. The van der Waals surface area contributed by atoms with E-state index in [0.29, 0.717) is 6.61 Å². The van der Waals surface area contributed by atoms with Crippen molar-refractivity contribution in [2.75, 3.05) is 52.4 Å². The zero-order valence-corrected chi connectivity index (χ0v) is 16.3. The number of carbonyl (C=O) groups excluding carboxylic acids is 2. The van der Waals surface area contributed by atoms with Crippen LogP contribution in [-0.4, -0.2) is 86.3 Å². The molecule has 2 heterocycles. The fraction of sp³-hybridized carbons (Fsp3) is 0.889. The summed E-state index contributed by atoms with van der Waals surface area (Å²) in [6.07, 6.45) is 1.51. The molecule has 7 nitrogen and oxygen atoms in total. The normalized spacial score (nSPS) is 24.8. The standard InChI is InChI=1S/C16H29N3O4.C2H6/c1-13(20)22-12-15-11-16(23-14(2)21)3-6-19(15)10-9-18-7-4-17-5-8-18;1-2/h15-17H,3-12H2,1-2H3;1-2H3. The molecule has 2 unspecified atom stereocenters. The van der Waals surface area contributed by atoms with Crippen molar-refractivity contribution in [3.63, 3.8) is 0 Å². The second-order valence-corrected chi connectivity index (χ2v) is 6.34. The van der Waals surface area contributed by atoms with Gasteiger partial charge in [-0.15, -0.1) is 0 Å². The lowest BCUT2D eigenvalue weighted by Crippen LogP contribution is -2.52. The average Bonchev–Trinajstić information content (AvgIpc) is 2.61. The summed E-state index contributed by atoms with van der Waals surface area (Å²) in [6.45, 7) is 14.4. The molecule has 0 aromatic rings. The Labute approximate surface area is 152 Å². The van der Waals surface area contributed by atoms with Crippen molar-refractivity contribution >= 4 is 11.9 Å². The smallest absolute Gasteiger partial charge is 0.302 e. The number of ether oxygens (including phenoxy) is 2.